The van der Waals surface area contributed by atoms with E-state index in [0.717, 1.165) is 6.42 Å². The van der Waals surface area contributed by atoms with E-state index in [1.807, 2.05) is 13.8 Å². The molecule has 8 rings (SSSR count). The second kappa shape index (κ2) is 25.4. The number of likely N-dealkylation sites (tertiary alicyclic amines) is 1. The zero-order valence-corrected chi connectivity index (χ0v) is 41.6. The van der Waals surface area contributed by atoms with E-state index >= 15 is 0 Å². The zero-order valence-electron chi connectivity index (χ0n) is 41.6. The Morgan fingerprint density at radius 2 is 1.42 bits per heavy atom. The number of amides is 1. The van der Waals surface area contributed by atoms with Crippen molar-refractivity contribution in [3.05, 3.63) is 82.2 Å². The summed E-state index contributed by atoms with van der Waals surface area (Å²) in [7, 11) is 0. The van der Waals surface area contributed by atoms with Gasteiger partial charge in [0.1, 0.15) is 72.7 Å². The highest BCUT2D eigenvalue weighted by molar-refractivity contribution is 5.89. The van der Waals surface area contributed by atoms with Gasteiger partial charge >= 0.3 is 11.6 Å². The molecule has 1 aromatic heterocycles. The van der Waals surface area contributed by atoms with Crippen molar-refractivity contribution in [3.8, 4) is 0 Å². The van der Waals surface area contributed by atoms with E-state index in [9.17, 15) is 55.2 Å². The number of hydrogen-bond donors (Lipinski definition) is 8. The lowest BCUT2D eigenvalue weighted by molar-refractivity contribution is -0.351. The molecule has 5 fully saturated rings. The topological polar surface area (TPSA) is 312 Å². The van der Waals surface area contributed by atoms with E-state index < -0.39 is 147 Å². The molecule has 4 aliphatic heterocycles. The van der Waals surface area contributed by atoms with Gasteiger partial charge in [0.05, 0.1) is 55.9 Å². The highest BCUT2D eigenvalue weighted by Crippen LogP contribution is 2.41. The lowest BCUT2D eigenvalue weighted by atomic mass is 9.76. The summed E-state index contributed by atoms with van der Waals surface area (Å²) in [5.41, 5.74) is -0.0551. The fourth-order valence-electron chi connectivity index (χ4n) is 10.4. The molecule has 0 radical (unpaired) electrons. The number of carbonyl (C=O) groups is 2. The number of aliphatic hydroxyl groups is 8. The predicted molar refractivity (Wildman–Crippen MR) is 256 cm³/mol. The molecule has 22 heteroatoms. The third-order valence-electron chi connectivity index (χ3n) is 14.8. The number of carbonyl (C=O) groups excluding carboxylic acids is 2. The van der Waals surface area contributed by atoms with Crippen molar-refractivity contribution in [1.29, 1.82) is 0 Å². The lowest BCUT2D eigenvalue weighted by Gasteiger charge is -2.49. The van der Waals surface area contributed by atoms with E-state index in [0.29, 0.717) is 43.3 Å². The predicted octanol–water partition coefficient (Wildman–Crippen LogP) is 0.258. The van der Waals surface area contributed by atoms with Crippen molar-refractivity contribution >= 4 is 22.8 Å². The molecule has 20 atom stereocenters. The molecule has 5 heterocycles. The Kier molecular flexibility index (Phi) is 19.3. The Balaban J connectivity index is 1.07. The van der Waals surface area contributed by atoms with Crippen LogP contribution in [0, 0.1) is 11.8 Å². The van der Waals surface area contributed by atoms with Gasteiger partial charge in [-0.05, 0) is 68.7 Å². The number of para-hydroxylation sites is 1. The van der Waals surface area contributed by atoms with E-state index in [2.05, 4.69) is 0 Å². The molecule has 22 nitrogen and oxygen atoms in total. The van der Waals surface area contributed by atoms with Gasteiger partial charge in [0.15, 0.2) is 25.0 Å². The summed E-state index contributed by atoms with van der Waals surface area (Å²) in [5.74, 6) is -2.07. The van der Waals surface area contributed by atoms with Gasteiger partial charge in [-0.15, -0.1) is 0 Å². The van der Waals surface area contributed by atoms with Crippen molar-refractivity contribution in [3.63, 3.8) is 0 Å². The van der Waals surface area contributed by atoms with Crippen LogP contribution in [0.5, 0.6) is 0 Å². The van der Waals surface area contributed by atoms with Gasteiger partial charge in [0, 0.05) is 18.5 Å². The quantitative estimate of drug-likeness (QED) is 0.0556. The van der Waals surface area contributed by atoms with Gasteiger partial charge in [0.25, 0.3) is 5.91 Å². The van der Waals surface area contributed by atoms with Gasteiger partial charge in [-0.3, -0.25) is 4.79 Å². The monoisotopic (exact) mass is 1050 g/mol. The van der Waals surface area contributed by atoms with Crippen LogP contribution in [0.1, 0.15) is 75.2 Å². The Hall–Kier alpha value is -4.05. The molecule has 1 aliphatic carbocycles. The maximum absolute atomic E-state index is 14.0. The van der Waals surface area contributed by atoms with Crippen LogP contribution < -0.4 is 5.63 Å². The fourth-order valence-corrected chi connectivity index (χ4v) is 10.4. The molecule has 3 aromatic rings. The largest absolute Gasteiger partial charge is 0.450 e. The first-order valence-corrected chi connectivity index (χ1v) is 25.7. The number of nitrogens with zero attached hydrogens (tertiary/aromatic N) is 1. The molecule has 12 unspecified atom stereocenters. The molecule has 0 bridgehead atoms. The average molecular weight is 1050 g/mol. The minimum atomic E-state index is -1.71. The van der Waals surface area contributed by atoms with Gasteiger partial charge in [0.2, 0.25) is 0 Å². The standard InChI is InChI=1S/C52H71NO21/c1-4-12-33(47(62)53-17-11-18-53)68-45-39(58)36(23-55)72-52(46(45)73-48(63)29-13-7-6-8-14-29)70-34-20-27(19-28(5-2)43(34)74-51-41(60)40(59)37(56)26(3)67-51)24-66-50-42(61)44(38(57)35(22-54)71-50)65-25-31-21-30-15-9-10-16-32(30)69-49(31)64/h6-10,13-16,21,26-28,33-46,50-52,54-61H,4-5,11-12,17-20,22-25H2,1-3H3/t26?,27?,28?,33-,34+,35?,36?,37+,38+,39-,40?,41?,42?,43?,44?,45?,46?,50-,51-,52+/m0/s1. The summed E-state index contributed by atoms with van der Waals surface area (Å²) >= 11 is 0. The summed E-state index contributed by atoms with van der Waals surface area (Å²) in [6, 6.07) is 16.5. The number of esters is 1. The maximum atomic E-state index is 14.0. The Morgan fingerprint density at radius 3 is 2.09 bits per heavy atom. The van der Waals surface area contributed by atoms with Crippen LogP contribution in [0.2, 0.25) is 0 Å². The molecule has 1 amide bonds. The average Bonchev–Trinajstić information content (AvgIpc) is 3.38. The Bertz CT molecular complexity index is 2340. The van der Waals surface area contributed by atoms with Gasteiger partial charge in [-0.1, -0.05) is 63.1 Å². The number of benzene rings is 2. The molecule has 5 aliphatic rings. The first-order valence-electron chi connectivity index (χ1n) is 25.7. The van der Waals surface area contributed by atoms with Crippen LogP contribution in [0.25, 0.3) is 11.0 Å². The first kappa shape index (κ1) is 56.2. The first-order chi connectivity index (χ1) is 35.6. The number of hydrogen-bond acceptors (Lipinski definition) is 21. The highest BCUT2D eigenvalue weighted by Gasteiger charge is 2.54. The van der Waals surface area contributed by atoms with Crippen LogP contribution >= 0.6 is 0 Å². The molecular weight excluding hydrogens is 975 g/mol. The zero-order chi connectivity index (χ0) is 52.8. The summed E-state index contributed by atoms with van der Waals surface area (Å²) < 4.78 is 61.7. The molecule has 2 aromatic carbocycles. The van der Waals surface area contributed by atoms with Gasteiger partial charge < -0.3 is 92.8 Å². The fraction of sp³-hybridized carbons (Fsp3) is 0.673. The molecule has 0 spiro atoms. The second-order valence-corrected chi connectivity index (χ2v) is 19.9. The number of ether oxygens (including phenoxy) is 9. The van der Waals surface area contributed by atoms with Crippen LogP contribution in [0.4, 0.5) is 0 Å². The normalized spacial score (nSPS) is 37.0. The SMILES string of the molecule is CCC[C@H](OC1C(OC(=O)c2ccccc2)[C@H](O[C@@H]2CC(CO[C@H]3OC(CO)[C@@H](O)C(OCc4cc5ccccc5oc4=O)C3O)CC(CC)C2O[C@@H]2OC(C)[C@@H](O)C(O)C2O)OC(CO)[C@@H]1O)C(=O)N1CCC1. The van der Waals surface area contributed by atoms with Crippen molar-refractivity contribution in [2.24, 2.45) is 11.8 Å². The summed E-state index contributed by atoms with van der Waals surface area (Å²) in [6.07, 6.45) is -23.0. The lowest BCUT2D eigenvalue weighted by Crippen LogP contribution is -2.64. The van der Waals surface area contributed by atoms with Crippen LogP contribution in [0.3, 0.4) is 0 Å². The molecule has 410 valence electrons. The van der Waals surface area contributed by atoms with Crippen LogP contribution in [0.15, 0.2) is 69.9 Å². The van der Waals surface area contributed by atoms with E-state index in [1.54, 1.807) is 53.4 Å². The van der Waals surface area contributed by atoms with Gasteiger partial charge in [-0.2, -0.15) is 0 Å². The molecule has 8 N–H and O–H groups in total. The smallest absolute Gasteiger partial charge is 0.341 e. The maximum Gasteiger partial charge on any atom is 0.341 e. The minimum absolute atomic E-state index is 0.0558. The third kappa shape index (κ3) is 12.5. The summed E-state index contributed by atoms with van der Waals surface area (Å²) in [5, 5.41) is 88.7. The molecule has 1 saturated carbocycles. The van der Waals surface area contributed by atoms with E-state index in [4.69, 9.17) is 47.0 Å². The second-order valence-electron chi connectivity index (χ2n) is 19.9. The van der Waals surface area contributed by atoms with Gasteiger partial charge in [-0.25, -0.2) is 9.59 Å². The summed E-state index contributed by atoms with van der Waals surface area (Å²) in [4.78, 5) is 42.2. The highest BCUT2D eigenvalue weighted by atomic mass is 16.8. The van der Waals surface area contributed by atoms with Crippen molar-refractivity contribution in [2.75, 3.05) is 32.9 Å². The molecule has 4 saturated heterocycles. The third-order valence-corrected chi connectivity index (χ3v) is 14.8. The van der Waals surface area contributed by atoms with Crippen molar-refractivity contribution in [2.45, 2.75) is 176 Å². The Labute approximate surface area is 427 Å². The number of aliphatic hydroxyl groups excluding tert-OH is 8. The van der Waals surface area contributed by atoms with Crippen molar-refractivity contribution < 1.29 is 97.5 Å². The number of fused-ring (bicyclic) bond motifs is 1. The Morgan fingerprint density at radius 1 is 0.730 bits per heavy atom. The minimum Gasteiger partial charge on any atom is -0.450 e. The summed E-state index contributed by atoms with van der Waals surface area (Å²) in [6.45, 7) is 4.37. The van der Waals surface area contributed by atoms with E-state index in [1.165, 1.54) is 19.1 Å². The van der Waals surface area contributed by atoms with Crippen LogP contribution in [-0.2, 0) is 54.0 Å². The molecular formula is C52H71NO21. The van der Waals surface area contributed by atoms with Crippen LogP contribution in [-0.4, -0.2) is 201 Å². The van der Waals surface area contributed by atoms with E-state index in [-0.39, 0.29) is 43.1 Å². The van der Waals surface area contributed by atoms with Crippen molar-refractivity contribution in [1.82, 2.24) is 4.90 Å². The molecule has 74 heavy (non-hydrogen) atoms. The number of rotatable bonds is 20.